The fourth-order valence-electron chi connectivity index (χ4n) is 5.48. The molecule has 3 fully saturated rings. The highest BCUT2D eigenvalue weighted by Crippen LogP contribution is 2.42. The largest absolute Gasteiger partial charge is 0.234 e. The molecule has 0 bridgehead atoms. The molecule has 0 heterocycles. The van der Waals surface area contributed by atoms with Crippen LogP contribution in [0.3, 0.4) is 0 Å². The second kappa shape index (κ2) is 9.97. The first-order valence-electron chi connectivity index (χ1n) is 12.5. The van der Waals surface area contributed by atoms with E-state index in [1.807, 2.05) is 0 Å². The van der Waals surface area contributed by atoms with Crippen LogP contribution in [0.1, 0.15) is 125 Å². The molecule has 0 aromatic heterocycles. The van der Waals surface area contributed by atoms with Gasteiger partial charge in [-0.05, 0) is 84.0 Å². The van der Waals surface area contributed by atoms with Gasteiger partial charge in [-0.1, -0.05) is 45.4 Å². The van der Waals surface area contributed by atoms with Crippen LogP contribution in [0.2, 0.25) is 0 Å². The Bertz CT molecular complexity index is 445. The van der Waals surface area contributed by atoms with Crippen LogP contribution in [0.4, 0.5) is 0 Å². The van der Waals surface area contributed by atoms with E-state index in [4.69, 9.17) is 19.6 Å². The average Bonchev–Trinajstić information content (AvgIpc) is 2.74. The molecule has 0 aromatic rings. The second-order valence-electron chi connectivity index (χ2n) is 11.3. The third kappa shape index (κ3) is 6.41. The molecule has 0 unspecified atom stereocenters. The van der Waals surface area contributed by atoms with Gasteiger partial charge < -0.3 is 0 Å². The number of rotatable bonds is 8. The van der Waals surface area contributed by atoms with E-state index >= 15 is 0 Å². The highest BCUT2D eigenvalue weighted by atomic mass is 17.3. The van der Waals surface area contributed by atoms with Gasteiger partial charge in [-0.25, -0.2) is 9.78 Å². The Hall–Kier alpha value is -0.160. The Kier molecular flexibility index (Phi) is 8.08. The predicted octanol–water partition coefficient (Wildman–Crippen LogP) is 7.51. The van der Waals surface area contributed by atoms with Crippen LogP contribution in [-0.4, -0.2) is 17.0 Å². The van der Waals surface area contributed by atoms with Gasteiger partial charge >= 0.3 is 0 Å². The second-order valence-corrected chi connectivity index (χ2v) is 11.3. The fraction of sp³-hybridized carbons (Fsp3) is 1.00. The van der Waals surface area contributed by atoms with Gasteiger partial charge in [0.2, 0.25) is 5.79 Å². The Morgan fingerprint density at radius 3 is 1.34 bits per heavy atom. The lowest BCUT2D eigenvalue weighted by Gasteiger charge is -2.43. The van der Waals surface area contributed by atoms with Crippen LogP contribution in [0.25, 0.3) is 0 Å². The van der Waals surface area contributed by atoms with Crippen molar-refractivity contribution in [2.45, 2.75) is 141 Å². The van der Waals surface area contributed by atoms with Crippen molar-refractivity contribution in [2.75, 3.05) is 0 Å². The highest BCUT2D eigenvalue weighted by molar-refractivity contribution is 4.84. The van der Waals surface area contributed by atoms with Gasteiger partial charge in [0.15, 0.2) is 0 Å². The molecule has 4 nitrogen and oxygen atoms in total. The molecule has 4 heteroatoms. The van der Waals surface area contributed by atoms with Gasteiger partial charge in [-0.2, -0.15) is 9.78 Å². The molecule has 0 radical (unpaired) electrons. The maximum absolute atomic E-state index is 6.17. The Balaban J connectivity index is 1.60. The highest BCUT2D eigenvalue weighted by Gasteiger charge is 2.44. The zero-order valence-corrected chi connectivity index (χ0v) is 19.8. The molecule has 0 atom stereocenters. The van der Waals surface area contributed by atoms with Crippen molar-refractivity contribution in [3.05, 3.63) is 0 Å². The van der Waals surface area contributed by atoms with Gasteiger partial charge in [0.1, 0.15) is 11.2 Å². The van der Waals surface area contributed by atoms with E-state index in [9.17, 15) is 0 Å². The maximum atomic E-state index is 6.17. The molecule has 3 aliphatic rings. The molecule has 0 saturated heterocycles. The van der Waals surface area contributed by atoms with E-state index in [1.54, 1.807) is 0 Å². The Labute approximate surface area is 179 Å². The summed E-state index contributed by atoms with van der Waals surface area (Å²) in [6.45, 7) is 11.0. The third-order valence-corrected chi connectivity index (χ3v) is 8.03. The third-order valence-electron chi connectivity index (χ3n) is 8.03. The lowest BCUT2D eigenvalue weighted by atomic mass is 9.79. The molecule has 3 rings (SSSR count). The summed E-state index contributed by atoms with van der Waals surface area (Å²) in [6.07, 6.45) is 16.6. The molecule has 0 aromatic carbocycles. The topological polar surface area (TPSA) is 36.9 Å². The molecule has 0 amide bonds. The molecule has 0 aliphatic heterocycles. The minimum Gasteiger partial charge on any atom is -0.227 e. The van der Waals surface area contributed by atoms with Gasteiger partial charge in [-0.3, -0.25) is 0 Å². The summed E-state index contributed by atoms with van der Waals surface area (Å²) < 4.78 is 0. The summed E-state index contributed by atoms with van der Waals surface area (Å²) in [4.78, 5) is 24.7. The molecular formula is C25H46O4. The quantitative estimate of drug-likeness (QED) is 0.236. The van der Waals surface area contributed by atoms with Crippen LogP contribution in [0, 0.1) is 17.8 Å². The van der Waals surface area contributed by atoms with Crippen molar-refractivity contribution >= 4 is 0 Å². The zero-order chi connectivity index (χ0) is 21.0. The van der Waals surface area contributed by atoms with Crippen molar-refractivity contribution in [2.24, 2.45) is 17.8 Å². The summed E-state index contributed by atoms with van der Waals surface area (Å²) >= 11 is 0. The average molecular weight is 411 g/mol. The first-order chi connectivity index (χ1) is 13.7. The predicted molar refractivity (Wildman–Crippen MR) is 116 cm³/mol. The standard InChI is InChI=1S/C25H46O4/c1-20-16-18-25(19-17-20,28-26-23(2,3)21-12-8-6-9-13-21)29-27-24(4,5)22-14-10-7-11-15-22/h20-22H,6-19H2,1-5H3. The fourth-order valence-corrected chi connectivity index (χ4v) is 5.48. The molecule has 3 aliphatic carbocycles. The van der Waals surface area contributed by atoms with Crippen molar-refractivity contribution < 1.29 is 19.6 Å². The van der Waals surface area contributed by atoms with Crippen molar-refractivity contribution in [1.29, 1.82) is 0 Å². The smallest absolute Gasteiger partial charge is 0.227 e. The van der Waals surface area contributed by atoms with Crippen LogP contribution in [0.15, 0.2) is 0 Å². The van der Waals surface area contributed by atoms with Crippen LogP contribution < -0.4 is 0 Å². The van der Waals surface area contributed by atoms with E-state index in [-0.39, 0.29) is 11.2 Å². The van der Waals surface area contributed by atoms with E-state index in [0.29, 0.717) is 17.8 Å². The summed E-state index contributed by atoms with van der Waals surface area (Å²) in [6, 6.07) is 0. The lowest BCUT2D eigenvalue weighted by Crippen LogP contribution is -2.47. The normalized spacial score (nSPS) is 26.0. The summed E-state index contributed by atoms with van der Waals surface area (Å²) in [7, 11) is 0. The minimum atomic E-state index is -0.773. The molecule has 3 saturated carbocycles. The Morgan fingerprint density at radius 1 is 0.586 bits per heavy atom. The van der Waals surface area contributed by atoms with E-state index in [1.165, 1.54) is 64.2 Å². The van der Waals surface area contributed by atoms with Crippen LogP contribution in [0.5, 0.6) is 0 Å². The van der Waals surface area contributed by atoms with Gasteiger partial charge in [0.25, 0.3) is 0 Å². The molecular weight excluding hydrogens is 364 g/mol. The summed E-state index contributed by atoms with van der Waals surface area (Å²) in [5, 5.41) is 0. The molecule has 170 valence electrons. The number of hydrogen-bond acceptors (Lipinski definition) is 4. The monoisotopic (exact) mass is 410 g/mol. The minimum absolute atomic E-state index is 0.293. The van der Waals surface area contributed by atoms with Crippen molar-refractivity contribution in [1.82, 2.24) is 0 Å². The van der Waals surface area contributed by atoms with Crippen molar-refractivity contribution in [3.8, 4) is 0 Å². The van der Waals surface area contributed by atoms with Crippen molar-refractivity contribution in [3.63, 3.8) is 0 Å². The lowest BCUT2D eigenvalue weighted by molar-refractivity contribution is -0.553. The maximum Gasteiger partial charge on any atom is 0.234 e. The summed E-state index contributed by atoms with van der Waals surface area (Å²) in [5.74, 6) is 1.03. The van der Waals surface area contributed by atoms with Gasteiger partial charge in [0.05, 0.1) is 0 Å². The first kappa shape index (κ1) is 23.5. The van der Waals surface area contributed by atoms with E-state index in [0.717, 1.165) is 25.7 Å². The summed E-state index contributed by atoms with van der Waals surface area (Å²) in [5.41, 5.74) is -0.586. The SMILES string of the molecule is CC1CCC(OOC(C)(C)C2CCCCC2)(OOC(C)(C)C2CCCCC2)CC1. The van der Waals surface area contributed by atoms with Crippen LogP contribution >= 0.6 is 0 Å². The molecule has 0 N–H and O–H groups in total. The first-order valence-corrected chi connectivity index (χ1v) is 12.5. The molecule has 0 spiro atoms. The van der Waals surface area contributed by atoms with E-state index in [2.05, 4.69) is 34.6 Å². The van der Waals surface area contributed by atoms with Gasteiger partial charge in [0, 0.05) is 12.8 Å². The number of hydrogen-bond donors (Lipinski definition) is 0. The van der Waals surface area contributed by atoms with Gasteiger partial charge in [-0.15, -0.1) is 0 Å². The Morgan fingerprint density at radius 2 is 0.966 bits per heavy atom. The van der Waals surface area contributed by atoms with Crippen LogP contribution in [-0.2, 0) is 19.6 Å². The zero-order valence-electron chi connectivity index (χ0n) is 19.8. The van der Waals surface area contributed by atoms with E-state index < -0.39 is 5.79 Å². The molecule has 29 heavy (non-hydrogen) atoms.